The van der Waals surface area contributed by atoms with Crippen molar-refractivity contribution >= 4 is 0 Å². The van der Waals surface area contributed by atoms with Crippen molar-refractivity contribution in [2.24, 2.45) is 5.92 Å². The van der Waals surface area contributed by atoms with Crippen molar-refractivity contribution in [3.63, 3.8) is 0 Å². The maximum Gasteiger partial charge on any atom is 0.401 e. The van der Waals surface area contributed by atoms with Gasteiger partial charge in [0.05, 0.1) is 6.54 Å². The third-order valence-corrected chi connectivity index (χ3v) is 4.18. The second kappa shape index (κ2) is 6.93. The molecule has 0 atom stereocenters. The molecule has 1 N–H and O–H groups in total. The molecule has 0 aromatic rings. The van der Waals surface area contributed by atoms with Crippen LogP contribution >= 0.6 is 0 Å². The highest BCUT2D eigenvalue weighted by Gasteiger charge is 2.37. The predicted molar refractivity (Wildman–Crippen MR) is 70.1 cm³/mol. The maximum absolute atomic E-state index is 12.4. The molecular weight excluding hydrogens is 253 g/mol. The largest absolute Gasteiger partial charge is 0.401 e. The van der Waals surface area contributed by atoms with Crippen LogP contribution in [0.2, 0.25) is 0 Å². The van der Waals surface area contributed by atoms with Crippen LogP contribution in [0.15, 0.2) is 0 Å². The van der Waals surface area contributed by atoms with E-state index in [9.17, 15) is 13.2 Å². The van der Waals surface area contributed by atoms with Gasteiger partial charge >= 0.3 is 6.18 Å². The number of nitrogens with zero attached hydrogens (tertiary/aromatic N) is 1. The highest BCUT2D eigenvalue weighted by molar-refractivity contribution is 4.86. The molecule has 0 bridgehead atoms. The first-order valence-electron chi connectivity index (χ1n) is 7.56. The van der Waals surface area contributed by atoms with E-state index in [4.69, 9.17) is 0 Å². The zero-order valence-corrected chi connectivity index (χ0v) is 11.5. The lowest BCUT2D eigenvalue weighted by atomic mass is 9.89. The van der Waals surface area contributed by atoms with Crippen molar-refractivity contribution in [1.82, 2.24) is 10.2 Å². The molecule has 112 valence electrons. The molecule has 0 radical (unpaired) electrons. The number of alkyl halides is 3. The number of nitrogens with one attached hydrogen (secondary N) is 1. The number of hydrogen-bond acceptors (Lipinski definition) is 2. The maximum atomic E-state index is 12.4. The summed E-state index contributed by atoms with van der Waals surface area (Å²) in [6.07, 6.45) is 4.33. The molecule has 0 amide bonds. The number of rotatable bonds is 7. The van der Waals surface area contributed by atoms with E-state index in [1.54, 1.807) is 4.90 Å². The molecule has 0 aromatic carbocycles. The Kier molecular flexibility index (Phi) is 5.51. The second-order valence-electron chi connectivity index (χ2n) is 6.02. The smallest absolute Gasteiger partial charge is 0.315 e. The summed E-state index contributed by atoms with van der Waals surface area (Å²) in [5.41, 5.74) is 0. The highest BCUT2D eigenvalue weighted by atomic mass is 19.4. The summed E-state index contributed by atoms with van der Waals surface area (Å²) < 4.78 is 37.3. The molecule has 19 heavy (non-hydrogen) atoms. The minimum absolute atomic E-state index is 0.179. The van der Waals surface area contributed by atoms with Crippen LogP contribution in [-0.2, 0) is 0 Å². The minimum atomic E-state index is -4.06. The van der Waals surface area contributed by atoms with Gasteiger partial charge in [0, 0.05) is 19.1 Å². The van der Waals surface area contributed by atoms with Gasteiger partial charge in [0.1, 0.15) is 0 Å². The summed E-state index contributed by atoms with van der Waals surface area (Å²) in [7, 11) is 0. The third-order valence-electron chi connectivity index (χ3n) is 4.18. The Labute approximate surface area is 113 Å². The van der Waals surface area contributed by atoms with Crippen LogP contribution in [0.3, 0.4) is 0 Å². The van der Waals surface area contributed by atoms with Gasteiger partial charge in [0.25, 0.3) is 0 Å². The van der Waals surface area contributed by atoms with Crippen LogP contribution in [0.25, 0.3) is 0 Å². The predicted octanol–water partition coefficient (Wildman–Crippen LogP) is 3.18. The lowest BCUT2D eigenvalue weighted by Crippen LogP contribution is -2.40. The molecule has 2 saturated carbocycles. The van der Waals surface area contributed by atoms with E-state index in [2.05, 4.69) is 5.32 Å². The number of hydrogen-bond donors (Lipinski definition) is 1. The summed E-state index contributed by atoms with van der Waals surface area (Å²) >= 11 is 0. The molecule has 0 saturated heterocycles. The van der Waals surface area contributed by atoms with Gasteiger partial charge < -0.3 is 5.32 Å². The first kappa shape index (κ1) is 15.1. The number of halogens is 3. The molecule has 0 heterocycles. The Bertz CT molecular complexity index is 258. The van der Waals surface area contributed by atoms with Gasteiger partial charge in [-0.05, 0) is 38.1 Å². The van der Waals surface area contributed by atoms with Crippen LogP contribution in [-0.4, -0.2) is 43.3 Å². The second-order valence-corrected chi connectivity index (χ2v) is 6.02. The standard InChI is InChI=1S/C14H25F3N2/c15-14(16,17)11-19(13-6-7-13)9-8-18-10-12-4-2-1-3-5-12/h12-13,18H,1-11H2. The fourth-order valence-corrected chi connectivity index (χ4v) is 2.98. The van der Waals surface area contributed by atoms with Crippen LogP contribution in [0.4, 0.5) is 13.2 Å². The first-order valence-corrected chi connectivity index (χ1v) is 7.56. The molecule has 0 spiro atoms. The van der Waals surface area contributed by atoms with Gasteiger partial charge in [0.2, 0.25) is 0 Å². The van der Waals surface area contributed by atoms with Crippen molar-refractivity contribution in [2.75, 3.05) is 26.2 Å². The van der Waals surface area contributed by atoms with Crippen molar-refractivity contribution in [3.8, 4) is 0 Å². The van der Waals surface area contributed by atoms with Crippen molar-refractivity contribution in [2.45, 2.75) is 57.2 Å². The first-order chi connectivity index (χ1) is 9.04. The van der Waals surface area contributed by atoms with Gasteiger partial charge in [-0.15, -0.1) is 0 Å². The quantitative estimate of drug-likeness (QED) is 0.720. The van der Waals surface area contributed by atoms with Crippen molar-refractivity contribution < 1.29 is 13.2 Å². The van der Waals surface area contributed by atoms with Gasteiger partial charge in [-0.3, -0.25) is 4.90 Å². The van der Waals surface area contributed by atoms with Gasteiger partial charge in [0.15, 0.2) is 0 Å². The fourth-order valence-electron chi connectivity index (χ4n) is 2.98. The fraction of sp³-hybridized carbons (Fsp3) is 1.00. The summed E-state index contributed by atoms with van der Waals surface area (Å²) in [5, 5.41) is 3.34. The normalized spacial score (nSPS) is 22.1. The van der Waals surface area contributed by atoms with Gasteiger partial charge in [-0.25, -0.2) is 0 Å². The summed E-state index contributed by atoms with van der Waals surface area (Å²) in [6.45, 7) is 1.44. The lowest BCUT2D eigenvalue weighted by Gasteiger charge is -2.25. The molecule has 2 aliphatic rings. The van der Waals surface area contributed by atoms with Crippen molar-refractivity contribution in [3.05, 3.63) is 0 Å². The van der Waals surface area contributed by atoms with Gasteiger partial charge in [-0.2, -0.15) is 13.2 Å². The third kappa shape index (κ3) is 6.13. The average molecular weight is 278 g/mol. The molecule has 2 aliphatic carbocycles. The zero-order chi connectivity index (χ0) is 13.7. The van der Waals surface area contributed by atoms with Crippen LogP contribution in [0.1, 0.15) is 44.9 Å². The Morgan fingerprint density at radius 1 is 1.00 bits per heavy atom. The van der Waals surface area contributed by atoms with E-state index in [1.165, 1.54) is 32.1 Å². The molecule has 0 aliphatic heterocycles. The monoisotopic (exact) mass is 278 g/mol. The Hall–Kier alpha value is -0.290. The SMILES string of the molecule is FC(F)(F)CN(CCNCC1CCCCC1)C1CC1. The molecule has 2 rings (SSSR count). The molecule has 5 heteroatoms. The Morgan fingerprint density at radius 3 is 2.26 bits per heavy atom. The van der Waals surface area contributed by atoms with E-state index in [0.717, 1.165) is 25.3 Å². The zero-order valence-electron chi connectivity index (χ0n) is 11.5. The Morgan fingerprint density at radius 2 is 1.68 bits per heavy atom. The van der Waals surface area contributed by atoms with E-state index in [0.29, 0.717) is 13.1 Å². The molecule has 0 unspecified atom stereocenters. The van der Waals surface area contributed by atoms with Crippen LogP contribution < -0.4 is 5.32 Å². The van der Waals surface area contributed by atoms with Gasteiger partial charge in [-0.1, -0.05) is 19.3 Å². The van der Waals surface area contributed by atoms with E-state index >= 15 is 0 Å². The summed E-state index contributed by atoms with van der Waals surface area (Å²) in [6, 6.07) is 0.179. The highest BCUT2D eigenvalue weighted by Crippen LogP contribution is 2.29. The molecule has 0 aromatic heterocycles. The topological polar surface area (TPSA) is 15.3 Å². The van der Waals surface area contributed by atoms with E-state index < -0.39 is 12.7 Å². The van der Waals surface area contributed by atoms with Crippen LogP contribution in [0.5, 0.6) is 0 Å². The summed E-state index contributed by atoms with van der Waals surface area (Å²) in [4.78, 5) is 1.59. The van der Waals surface area contributed by atoms with Crippen LogP contribution in [0, 0.1) is 5.92 Å². The van der Waals surface area contributed by atoms with E-state index in [1.807, 2.05) is 0 Å². The minimum Gasteiger partial charge on any atom is -0.315 e. The molecular formula is C14H25F3N2. The van der Waals surface area contributed by atoms with E-state index in [-0.39, 0.29) is 6.04 Å². The Balaban J connectivity index is 1.59. The molecule has 2 fully saturated rings. The molecule has 2 nitrogen and oxygen atoms in total. The lowest BCUT2D eigenvalue weighted by molar-refractivity contribution is -0.147. The average Bonchev–Trinajstić information content (AvgIpc) is 3.17. The van der Waals surface area contributed by atoms with Crippen molar-refractivity contribution in [1.29, 1.82) is 0 Å². The summed E-state index contributed by atoms with van der Waals surface area (Å²) in [5.74, 6) is 0.741.